The van der Waals surface area contributed by atoms with Crippen LogP contribution in [0.4, 0.5) is 0 Å². The zero-order valence-corrected chi connectivity index (χ0v) is 44.2. The summed E-state index contributed by atoms with van der Waals surface area (Å²) in [4.78, 5) is 14.8. The van der Waals surface area contributed by atoms with E-state index in [1.54, 1.807) is 0 Å². The van der Waals surface area contributed by atoms with Gasteiger partial charge in [0.1, 0.15) is 91.6 Å². The van der Waals surface area contributed by atoms with Crippen molar-refractivity contribution >= 4 is 5.97 Å². The monoisotopic (exact) mass is 1070 g/mol. The maximum absolute atomic E-state index is 14.8. The molecule has 0 radical (unpaired) electrons. The largest absolute Gasteiger partial charge is 0.432 e. The number of allylic oxidation sites excluding steroid dienone is 2. The predicted molar refractivity (Wildman–Crippen MR) is 257 cm³/mol. The van der Waals surface area contributed by atoms with E-state index in [9.17, 15) is 76.3 Å². The second-order valence-electron chi connectivity index (χ2n) is 26.1. The minimum absolute atomic E-state index is 0.0110. The molecular formula is C53H86O22. The Bertz CT molecular complexity index is 2090. The molecule has 5 aliphatic carbocycles. The van der Waals surface area contributed by atoms with E-state index in [0.717, 1.165) is 25.7 Å². The smallest absolute Gasteiger partial charge is 0.315 e. The summed E-state index contributed by atoms with van der Waals surface area (Å²) in [7, 11) is 0. The number of rotatable bonds is 10. The zero-order valence-electron chi connectivity index (χ0n) is 44.2. The molecule has 0 aromatic carbocycles. The van der Waals surface area contributed by atoms with Crippen molar-refractivity contribution in [3.8, 4) is 0 Å². The Morgan fingerprint density at radius 3 is 1.88 bits per heavy atom. The molecule has 14 N–H and O–H groups in total. The number of hydrogen-bond acceptors (Lipinski definition) is 22. The number of aliphatic hydroxyl groups is 14. The van der Waals surface area contributed by atoms with Crippen LogP contribution in [0.5, 0.6) is 0 Å². The van der Waals surface area contributed by atoms with Crippen molar-refractivity contribution in [2.75, 3.05) is 26.4 Å². The molecule has 0 amide bonds. The van der Waals surface area contributed by atoms with Crippen molar-refractivity contribution in [2.45, 2.75) is 235 Å². The van der Waals surface area contributed by atoms with E-state index in [1.807, 2.05) is 0 Å². The molecule has 0 spiro atoms. The van der Waals surface area contributed by atoms with Gasteiger partial charge in [0.25, 0.3) is 0 Å². The number of carbonyl (C=O) groups is 1. The van der Waals surface area contributed by atoms with Gasteiger partial charge in [-0.1, -0.05) is 60.1 Å². The summed E-state index contributed by atoms with van der Waals surface area (Å²) >= 11 is 0. The third kappa shape index (κ3) is 8.94. The molecule has 4 aliphatic heterocycles. The summed E-state index contributed by atoms with van der Waals surface area (Å²) in [6.07, 6.45) is -23.8. The average Bonchev–Trinajstić information content (AvgIpc) is 3.36. The quantitative estimate of drug-likeness (QED) is 0.0639. The van der Waals surface area contributed by atoms with Gasteiger partial charge in [0, 0.05) is 0 Å². The number of hydrogen-bond donors (Lipinski definition) is 14. The normalized spacial score (nSPS) is 54.5. The molecule has 0 unspecified atom stereocenters. The molecule has 0 bridgehead atoms. The number of carbonyl (C=O) groups excluding carboxylic acids is 1. The lowest BCUT2D eigenvalue weighted by atomic mass is 9.33. The summed E-state index contributed by atoms with van der Waals surface area (Å²) in [5.41, 5.74) is -4.31. The molecule has 4 saturated carbocycles. The Hall–Kier alpha value is -1.59. The van der Waals surface area contributed by atoms with E-state index in [-0.39, 0.29) is 39.4 Å². The van der Waals surface area contributed by atoms with Gasteiger partial charge in [0.15, 0.2) is 18.2 Å². The lowest BCUT2D eigenvalue weighted by molar-refractivity contribution is -0.413. The molecule has 22 heteroatoms. The predicted octanol–water partition coefficient (Wildman–Crippen LogP) is -2.01. The van der Waals surface area contributed by atoms with Crippen LogP contribution < -0.4 is 0 Å². The molecule has 4 saturated heterocycles. The molecule has 4 heterocycles. The van der Waals surface area contributed by atoms with Crippen molar-refractivity contribution in [1.82, 2.24) is 0 Å². The van der Waals surface area contributed by atoms with Gasteiger partial charge in [0.2, 0.25) is 6.29 Å². The van der Waals surface area contributed by atoms with Gasteiger partial charge < -0.3 is 105 Å². The highest BCUT2D eigenvalue weighted by Gasteiger charge is 2.72. The summed E-state index contributed by atoms with van der Waals surface area (Å²) in [6, 6.07) is 0. The Balaban J connectivity index is 1.01. The van der Waals surface area contributed by atoms with Crippen LogP contribution in [0.1, 0.15) is 113 Å². The molecule has 0 aromatic rings. The molecule has 75 heavy (non-hydrogen) atoms. The van der Waals surface area contributed by atoms with E-state index >= 15 is 0 Å². The fraction of sp³-hybridized carbons (Fsp3) is 0.943. The molecule has 8 fully saturated rings. The molecule has 9 rings (SSSR count). The van der Waals surface area contributed by atoms with E-state index in [2.05, 4.69) is 54.5 Å². The Morgan fingerprint density at radius 1 is 0.627 bits per heavy atom. The first kappa shape index (κ1) is 58.1. The fourth-order valence-electron chi connectivity index (χ4n) is 16.7. The van der Waals surface area contributed by atoms with Crippen molar-refractivity contribution < 1.29 is 109 Å². The van der Waals surface area contributed by atoms with Crippen LogP contribution in [-0.2, 0) is 38.0 Å². The van der Waals surface area contributed by atoms with Gasteiger partial charge in [-0.3, -0.25) is 4.79 Å². The van der Waals surface area contributed by atoms with Gasteiger partial charge in [-0.15, -0.1) is 0 Å². The third-order valence-electron chi connectivity index (χ3n) is 21.5. The average molecular weight is 1080 g/mol. The highest BCUT2D eigenvalue weighted by molar-refractivity contribution is 5.79. The topological polar surface area (TPSA) is 365 Å². The second-order valence-corrected chi connectivity index (χ2v) is 26.1. The fourth-order valence-corrected chi connectivity index (χ4v) is 16.7. The number of fused-ring (bicyclic) bond motifs is 7. The van der Waals surface area contributed by atoms with Gasteiger partial charge in [-0.05, 0) is 109 Å². The molecule has 430 valence electrons. The molecule has 27 atom stereocenters. The highest BCUT2D eigenvalue weighted by Crippen LogP contribution is 2.76. The molecule has 0 aromatic heterocycles. The van der Waals surface area contributed by atoms with Crippen LogP contribution in [0, 0.1) is 50.2 Å². The highest BCUT2D eigenvalue weighted by atomic mass is 16.8. The first-order chi connectivity index (χ1) is 35.0. The maximum Gasteiger partial charge on any atom is 0.315 e. The van der Waals surface area contributed by atoms with Gasteiger partial charge >= 0.3 is 5.97 Å². The third-order valence-corrected chi connectivity index (χ3v) is 21.5. The lowest BCUT2D eigenvalue weighted by Crippen LogP contribution is -2.78. The zero-order chi connectivity index (χ0) is 54.9. The number of esters is 1. The Morgan fingerprint density at radius 2 is 1.23 bits per heavy atom. The lowest BCUT2D eigenvalue weighted by Gasteiger charge is -2.71. The van der Waals surface area contributed by atoms with Gasteiger partial charge in [-0.2, -0.15) is 0 Å². The Kier molecular flexibility index (Phi) is 15.8. The second kappa shape index (κ2) is 20.4. The molecule has 22 nitrogen and oxygen atoms in total. The summed E-state index contributed by atoms with van der Waals surface area (Å²) in [6.45, 7) is 12.7. The first-order valence-electron chi connectivity index (χ1n) is 27.2. The van der Waals surface area contributed by atoms with E-state index < -0.39 is 165 Å². The van der Waals surface area contributed by atoms with E-state index in [4.69, 9.17) is 33.2 Å². The van der Waals surface area contributed by atoms with Crippen molar-refractivity contribution in [3.63, 3.8) is 0 Å². The SMILES string of the molecule is CC1(C)CC[C@]2(C(=O)O[C@@H]3O[C@H](CO)[C@@H](O)[C@H](O)[C@H]3O)CC[C@]3(C)C(=CC[C@@H]4[C@@]5(C)CC[C@H](O[C@@H]6O[C@H](CO)[C@@H](O)[C@@](O)([C@@H]7O[C@H](CO)[C@@H](O)[C@H](O)[C@H]7O)[C@H]6O[C@@H]6OC[C@@H](O)[C@H](O)[C@H]6O)C(C)(C)[C@@H]5CC[C@]43C)[C@@H]2C1. The Labute approximate surface area is 437 Å². The van der Waals surface area contributed by atoms with E-state index in [1.165, 1.54) is 5.57 Å². The number of ether oxygens (including phenoxy) is 7. The standard InChI is InChI=1S/C53H86O22/c1-47(2)14-16-52(46(67)75-44-39(65)36(62)34(60)27(20-55)71-44)17-15-50(6)23(24(52)18-47)8-9-30-49(5)12-11-31(48(3,4)29(49)10-13-51(30,50)7)73-45-42(74-43-38(64)32(58)25(57)22-69-43)53(68,40(66)28(21-56)72-45)41-37(63)35(61)33(59)26(19-54)70-41/h8,24-45,54-66,68H,9-22H2,1-7H3/t24-,25+,26+,27+,28+,29-,30+,31-,32-,33+,34+,35-,36-,37+,38+,39+,40+,41+,42-,43-,44-,45-,49-,50+,51+,52-,53+/m0/s1. The first-order valence-corrected chi connectivity index (χ1v) is 27.2. The van der Waals surface area contributed by atoms with Crippen LogP contribution in [0.2, 0.25) is 0 Å². The van der Waals surface area contributed by atoms with Crippen LogP contribution >= 0.6 is 0 Å². The van der Waals surface area contributed by atoms with Crippen LogP contribution in [0.3, 0.4) is 0 Å². The minimum Gasteiger partial charge on any atom is -0.432 e. The number of aliphatic hydroxyl groups excluding tert-OH is 13. The van der Waals surface area contributed by atoms with Crippen molar-refractivity contribution in [1.29, 1.82) is 0 Å². The van der Waals surface area contributed by atoms with E-state index in [0.29, 0.717) is 38.5 Å². The van der Waals surface area contributed by atoms with Crippen LogP contribution in [0.25, 0.3) is 0 Å². The molecule has 9 aliphatic rings. The van der Waals surface area contributed by atoms with Crippen molar-refractivity contribution in [3.05, 3.63) is 11.6 Å². The minimum atomic E-state index is -2.92. The maximum atomic E-state index is 14.8. The summed E-state index contributed by atoms with van der Waals surface area (Å²) < 4.78 is 42.6. The van der Waals surface area contributed by atoms with Gasteiger partial charge in [0.05, 0.1) is 37.9 Å². The summed E-state index contributed by atoms with van der Waals surface area (Å²) in [5.74, 6) is -0.569. The van der Waals surface area contributed by atoms with Crippen LogP contribution in [-0.4, -0.2) is 226 Å². The van der Waals surface area contributed by atoms with Crippen LogP contribution in [0.15, 0.2) is 11.6 Å². The van der Waals surface area contributed by atoms with Crippen molar-refractivity contribution in [2.24, 2.45) is 50.2 Å². The van der Waals surface area contributed by atoms with Gasteiger partial charge in [-0.25, -0.2) is 0 Å². The summed E-state index contributed by atoms with van der Waals surface area (Å²) in [5, 5.41) is 152. The molecular weight excluding hydrogens is 989 g/mol.